The maximum absolute atomic E-state index is 12.7. The summed E-state index contributed by atoms with van der Waals surface area (Å²) in [4.78, 5) is 20.5. The van der Waals surface area contributed by atoms with Gasteiger partial charge in [0, 0.05) is 37.1 Å². The normalized spacial score (nSPS) is 24.0. The quantitative estimate of drug-likeness (QED) is 0.167. The maximum atomic E-state index is 12.7. The molecule has 0 saturated carbocycles. The Kier molecular flexibility index (Phi) is 13.6. The number of rotatable bonds is 15. The predicted octanol–water partition coefficient (Wildman–Crippen LogP) is 8.83. The van der Waals surface area contributed by atoms with Crippen molar-refractivity contribution in [3.8, 4) is 0 Å². The molecule has 5 heteroatoms. The number of ether oxygens (including phenoxy) is 1. The van der Waals surface area contributed by atoms with Crippen molar-refractivity contribution in [2.75, 3.05) is 26.7 Å². The van der Waals surface area contributed by atoms with Crippen LogP contribution in [0.15, 0.2) is 47.0 Å². The molecule has 1 fully saturated rings. The highest BCUT2D eigenvalue weighted by atomic mass is 16.6. The van der Waals surface area contributed by atoms with E-state index in [-0.39, 0.29) is 29.6 Å². The Morgan fingerprint density at radius 2 is 1.79 bits per heavy atom. The Morgan fingerprint density at radius 1 is 1.10 bits per heavy atom. The second kappa shape index (κ2) is 16.6. The smallest absolute Gasteiger partial charge is 0.407 e. The van der Waals surface area contributed by atoms with Gasteiger partial charge < -0.3 is 15.0 Å². The van der Waals surface area contributed by atoms with Gasteiger partial charge in [-0.1, -0.05) is 90.3 Å². The summed E-state index contributed by atoms with van der Waals surface area (Å²) in [7, 11) is 1.66. The number of carbonyl (C=O) groups excluding carboxylic acids is 1. The molecule has 42 heavy (non-hydrogen) atoms. The number of hydrogen-bond donors (Lipinski definition) is 1. The Bertz CT molecular complexity index is 1010. The highest BCUT2D eigenvalue weighted by molar-refractivity contribution is 5.81. The first-order valence-corrected chi connectivity index (χ1v) is 17.1. The molecule has 1 heterocycles. The van der Waals surface area contributed by atoms with Crippen LogP contribution in [0.5, 0.6) is 0 Å². The molecule has 0 radical (unpaired) electrons. The number of hydrogen-bond acceptors (Lipinski definition) is 4. The minimum Gasteiger partial charge on any atom is -0.445 e. The van der Waals surface area contributed by atoms with Crippen molar-refractivity contribution in [1.29, 1.82) is 0 Å². The predicted molar refractivity (Wildman–Crippen MR) is 178 cm³/mol. The standard InChI is InChI=1S/C37H61N3O2/c1-9-20-37(32-16-14-13-15-17-32,33-18-21-40(22-19-33)26-30(12-4)23-27(5)10-2)34-24-31(29(7)39-28(6)11-3)25-35(34)42-36(41)38-8/h13-17,24,27,29-30,33-35H,9-12,18-23,25-26H2,1-8H3,(H,38,41)/b39-28+/t27?,29?,30?,34-,35-,37+/m0/s1. The largest absolute Gasteiger partial charge is 0.445 e. The van der Waals surface area contributed by atoms with Gasteiger partial charge in [-0.05, 0) is 87.9 Å². The first kappa shape index (κ1) is 34.4. The number of amides is 1. The van der Waals surface area contributed by atoms with E-state index in [0.29, 0.717) is 5.92 Å². The fourth-order valence-corrected chi connectivity index (χ4v) is 7.85. The lowest BCUT2D eigenvalue weighted by Crippen LogP contribution is -2.51. The van der Waals surface area contributed by atoms with E-state index < -0.39 is 0 Å². The zero-order valence-electron chi connectivity index (χ0n) is 28.1. The van der Waals surface area contributed by atoms with Crippen LogP contribution >= 0.6 is 0 Å². The van der Waals surface area contributed by atoms with Gasteiger partial charge in [-0.25, -0.2) is 4.79 Å². The van der Waals surface area contributed by atoms with Crippen LogP contribution < -0.4 is 5.32 Å². The molecule has 3 rings (SSSR count). The van der Waals surface area contributed by atoms with Crippen molar-refractivity contribution in [1.82, 2.24) is 10.2 Å². The SMILES string of the molecule is CCC[C@@](c1ccccc1)(C1CCN(CC(CC)CC(C)CC)CC1)[C@H]1C=C(C(C)/N=C(\C)CC)C[C@@H]1OC(=O)NC. The molecule has 2 aliphatic rings. The molecule has 1 aliphatic carbocycles. The van der Waals surface area contributed by atoms with E-state index in [9.17, 15) is 4.79 Å². The third kappa shape index (κ3) is 8.49. The Labute approximate surface area is 258 Å². The molecule has 0 spiro atoms. The fraction of sp³-hybridized carbons (Fsp3) is 0.730. The molecule has 1 amide bonds. The lowest BCUT2D eigenvalue weighted by Gasteiger charge is -2.50. The van der Waals surface area contributed by atoms with E-state index in [1.807, 2.05) is 0 Å². The van der Waals surface area contributed by atoms with Gasteiger partial charge in [0.25, 0.3) is 0 Å². The van der Waals surface area contributed by atoms with Gasteiger partial charge in [-0.3, -0.25) is 4.99 Å². The van der Waals surface area contributed by atoms with Gasteiger partial charge in [0.2, 0.25) is 0 Å². The van der Waals surface area contributed by atoms with Crippen LogP contribution in [-0.2, 0) is 10.2 Å². The maximum Gasteiger partial charge on any atom is 0.407 e. The molecule has 0 aromatic heterocycles. The summed E-state index contributed by atoms with van der Waals surface area (Å²) in [5.41, 5.74) is 3.80. The number of likely N-dealkylation sites (tertiary alicyclic amines) is 1. The summed E-state index contributed by atoms with van der Waals surface area (Å²) in [6.07, 6.45) is 12.1. The number of aliphatic imine (C=N–C) groups is 1. The number of piperidine rings is 1. The molecule has 5 nitrogen and oxygen atoms in total. The van der Waals surface area contributed by atoms with Crippen LogP contribution in [-0.4, -0.2) is 55.5 Å². The Hall–Kier alpha value is -2.14. The van der Waals surface area contributed by atoms with E-state index in [0.717, 1.165) is 50.6 Å². The first-order chi connectivity index (χ1) is 20.2. The number of nitrogens with one attached hydrogen (secondary N) is 1. The van der Waals surface area contributed by atoms with Crippen LogP contribution in [0.1, 0.15) is 112 Å². The van der Waals surface area contributed by atoms with Crippen molar-refractivity contribution in [3.05, 3.63) is 47.5 Å². The summed E-state index contributed by atoms with van der Waals surface area (Å²) >= 11 is 0. The highest BCUT2D eigenvalue weighted by Crippen LogP contribution is 2.53. The summed E-state index contributed by atoms with van der Waals surface area (Å²) in [5.74, 6) is 2.23. The topological polar surface area (TPSA) is 53.9 Å². The fourth-order valence-electron chi connectivity index (χ4n) is 7.85. The number of nitrogens with zero attached hydrogens (tertiary/aromatic N) is 2. The van der Waals surface area contributed by atoms with Crippen molar-refractivity contribution in [3.63, 3.8) is 0 Å². The van der Waals surface area contributed by atoms with Crippen LogP contribution in [0.25, 0.3) is 0 Å². The van der Waals surface area contributed by atoms with Gasteiger partial charge in [0.15, 0.2) is 0 Å². The molecule has 3 unspecified atom stereocenters. The van der Waals surface area contributed by atoms with Gasteiger partial charge >= 0.3 is 6.09 Å². The van der Waals surface area contributed by atoms with Crippen LogP contribution in [0.3, 0.4) is 0 Å². The third-order valence-electron chi connectivity index (χ3n) is 10.6. The summed E-state index contributed by atoms with van der Waals surface area (Å²) in [6.45, 7) is 19.4. The summed E-state index contributed by atoms with van der Waals surface area (Å²) in [6, 6.07) is 11.3. The Morgan fingerprint density at radius 3 is 2.36 bits per heavy atom. The first-order valence-electron chi connectivity index (χ1n) is 17.1. The molecular weight excluding hydrogens is 518 g/mol. The average Bonchev–Trinajstić information content (AvgIpc) is 3.44. The zero-order valence-corrected chi connectivity index (χ0v) is 28.1. The van der Waals surface area contributed by atoms with Crippen molar-refractivity contribution >= 4 is 11.8 Å². The Balaban J connectivity index is 1.99. The second-order valence-corrected chi connectivity index (χ2v) is 13.3. The van der Waals surface area contributed by atoms with E-state index >= 15 is 0 Å². The van der Waals surface area contributed by atoms with Gasteiger partial charge in [0.05, 0.1) is 6.04 Å². The number of alkyl carbamates (subject to hydrolysis) is 1. The van der Waals surface area contributed by atoms with Crippen molar-refractivity contribution in [2.45, 2.75) is 124 Å². The second-order valence-electron chi connectivity index (χ2n) is 13.3. The lowest BCUT2D eigenvalue weighted by atomic mass is 9.57. The van der Waals surface area contributed by atoms with Crippen LogP contribution in [0.2, 0.25) is 0 Å². The van der Waals surface area contributed by atoms with Gasteiger partial charge in [0.1, 0.15) is 6.10 Å². The lowest BCUT2D eigenvalue weighted by molar-refractivity contribution is 0.0167. The van der Waals surface area contributed by atoms with Crippen LogP contribution in [0.4, 0.5) is 4.79 Å². The van der Waals surface area contributed by atoms with E-state index in [4.69, 9.17) is 9.73 Å². The van der Waals surface area contributed by atoms with Gasteiger partial charge in [-0.2, -0.15) is 0 Å². The van der Waals surface area contributed by atoms with Crippen LogP contribution in [0, 0.1) is 23.7 Å². The molecule has 1 saturated heterocycles. The third-order valence-corrected chi connectivity index (χ3v) is 10.6. The summed E-state index contributed by atoms with van der Waals surface area (Å²) < 4.78 is 6.22. The zero-order chi connectivity index (χ0) is 30.7. The number of benzene rings is 1. The van der Waals surface area contributed by atoms with E-state index in [1.165, 1.54) is 55.5 Å². The van der Waals surface area contributed by atoms with Crippen molar-refractivity contribution < 1.29 is 9.53 Å². The molecule has 1 N–H and O–H groups in total. The minimum atomic E-state index is -0.333. The molecule has 1 aromatic rings. The van der Waals surface area contributed by atoms with E-state index in [1.54, 1.807) is 7.05 Å². The molecule has 1 aliphatic heterocycles. The molecule has 1 aromatic carbocycles. The average molecular weight is 580 g/mol. The monoisotopic (exact) mass is 579 g/mol. The van der Waals surface area contributed by atoms with Crippen molar-refractivity contribution in [2.24, 2.45) is 28.7 Å². The molecule has 0 bridgehead atoms. The minimum absolute atomic E-state index is 0.0906. The molecular formula is C37H61N3O2. The van der Waals surface area contributed by atoms with Gasteiger partial charge in [-0.15, -0.1) is 0 Å². The molecule has 6 atom stereocenters. The molecule has 236 valence electrons. The van der Waals surface area contributed by atoms with E-state index in [2.05, 4.69) is 95.1 Å². The number of carbonyl (C=O) groups is 1. The highest BCUT2D eigenvalue weighted by Gasteiger charge is 2.52. The summed E-state index contributed by atoms with van der Waals surface area (Å²) in [5, 5.41) is 2.73.